The summed E-state index contributed by atoms with van der Waals surface area (Å²) >= 11 is 1.50. The van der Waals surface area contributed by atoms with Gasteiger partial charge in [0, 0.05) is 24.3 Å². The van der Waals surface area contributed by atoms with E-state index in [9.17, 15) is 4.79 Å². The first-order valence-corrected chi connectivity index (χ1v) is 8.59. The van der Waals surface area contributed by atoms with Gasteiger partial charge in [-0.3, -0.25) is 4.79 Å². The summed E-state index contributed by atoms with van der Waals surface area (Å²) in [7, 11) is 0. The zero-order valence-corrected chi connectivity index (χ0v) is 13.4. The first kappa shape index (κ1) is 14.7. The van der Waals surface area contributed by atoms with Gasteiger partial charge in [-0.05, 0) is 25.7 Å². The number of aromatic nitrogens is 3. The number of aryl methyl sites for hydroxylation is 1. The highest BCUT2D eigenvalue weighted by Crippen LogP contribution is 2.27. The van der Waals surface area contributed by atoms with Crippen molar-refractivity contribution in [2.75, 3.05) is 0 Å². The molecule has 2 aromatic heterocycles. The lowest BCUT2D eigenvalue weighted by Gasteiger charge is -2.31. The average molecular weight is 306 g/mol. The summed E-state index contributed by atoms with van der Waals surface area (Å²) < 4.78 is 1.41. The first-order valence-electron chi connectivity index (χ1n) is 7.77. The molecule has 1 fully saturated rings. The van der Waals surface area contributed by atoms with Gasteiger partial charge in [0.15, 0.2) is 0 Å². The molecule has 0 radical (unpaired) electrons. The van der Waals surface area contributed by atoms with Gasteiger partial charge in [0.05, 0.1) is 0 Å². The zero-order valence-electron chi connectivity index (χ0n) is 12.6. The minimum Gasteiger partial charge on any atom is -0.307 e. The molecular formula is C15H22N4OS. The third-order valence-electron chi connectivity index (χ3n) is 4.36. The smallest absolute Gasteiger partial charge is 0.275 e. The van der Waals surface area contributed by atoms with Crippen molar-refractivity contribution in [1.82, 2.24) is 19.9 Å². The maximum absolute atomic E-state index is 11.9. The lowest BCUT2D eigenvalue weighted by Crippen LogP contribution is -2.37. The normalized spacial score (nSPS) is 22.8. The molecule has 1 saturated carbocycles. The SMILES string of the molecule is CC[C@H]1CCCC[C@@H]1NCc1nn2c(=O)cc(C)nc2s1. The van der Waals surface area contributed by atoms with Crippen LogP contribution < -0.4 is 10.9 Å². The molecule has 0 bridgehead atoms. The third kappa shape index (κ3) is 3.16. The number of nitrogens with zero attached hydrogens (tertiary/aromatic N) is 3. The van der Waals surface area contributed by atoms with E-state index in [-0.39, 0.29) is 5.56 Å². The number of nitrogens with one attached hydrogen (secondary N) is 1. The van der Waals surface area contributed by atoms with E-state index >= 15 is 0 Å². The number of rotatable bonds is 4. The molecule has 5 nitrogen and oxygen atoms in total. The molecular weight excluding hydrogens is 284 g/mol. The van der Waals surface area contributed by atoms with Gasteiger partial charge in [-0.2, -0.15) is 9.61 Å². The zero-order chi connectivity index (χ0) is 14.8. The molecule has 2 atom stereocenters. The average Bonchev–Trinajstić information content (AvgIpc) is 2.88. The number of fused-ring (bicyclic) bond motifs is 1. The fourth-order valence-electron chi connectivity index (χ4n) is 3.21. The summed E-state index contributed by atoms with van der Waals surface area (Å²) in [5.41, 5.74) is 0.658. The lowest BCUT2D eigenvalue weighted by molar-refractivity contribution is 0.254. The molecule has 0 aliphatic heterocycles. The van der Waals surface area contributed by atoms with Crippen molar-refractivity contribution < 1.29 is 0 Å². The second kappa shape index (κ2) is 6.23. The predicted octanol–water partition coefficient (Wildman–Crippen LogP) is 2.52. The minimum atomic E-state index is -0.0934. The van der Waals surface area contributed by atoms with Crippen LogP contribution in [0.5, 0.6) is 0 Å². The molecule has 114 valence electrons. The molecule has 21 heavy (non-hydrogen) atoms. The Bertz CT molecular complexity index is 678. The molecule has 0 spiro atoms. The van der Waals surface area contributed by atoms with Crippen molar-refractivity contribution in [2.45, 2.75) is 58.5 Å². The Hall–Kier alpha value is -1.27. The van der Waals surface area contributed by atoms with E-state index in [0.29, 0.717) is 11.0 Å². The quantitative estimate of drug-likeness (QED) is 0.943. The molecule has 2 heterocycles. The maximum Gasteiger partial charge on any atom is 0.275 e. The maximum atomic E-state index is 11.9. The van der Waals surface area contributed by atoms with Crippen LogP contribution in [0.15, 0.2) is 10.9 Å². The van der Waals surface area contributed by atoms with Gasteiger partial charge in [-0.1, -0.05) is 37.5 Å². The third-order valence-corrected chi connectivity index (χ3v) is 5.27. The van der Waals surface area contributed by atoms with Crippen molar-refractivity contribution in [3.8, 4) is 0 Å². The monoisotopic (exact) mass is 306 g/mol. The van der Waals surface area contributed by atoms with Crippen molar-refractivity contribution in [3.63, 3.8) is 0 Å². The molecule has 1 aliphatic carbocycles. The molecule has 1 N–H and O–H groups in total. The van der Waals surface area contributed by atoms with Gasteiger partial charge in [0.1, 0.15) is 5.01 Å². The van der Waals surface area contributed by atoms with E-state index in [1.54, 1.807) is 0 Å². The molecule has 1 aliphatic rings. The molecule has 0 amide bonds. The fourth-order valence-corrected chi connectivity index (χ4v) is 4.11. The van der Waals surface area contributed by atoms with Crippen LogP contribution in [0.25, 0.3) is 4.96 Å². The summed E-state index contributed by atoms with van der Waals surface area (Å²) in [5, 5.41) is 8.96. The Morgan fingerprint density at radius 1 is 1.43 bits per heavy atom. The summed E-state index contributed by atoms with van der Waals surface area (Å²) in [5.74, 6) is 0.774. The Morgan fingerprint density at radius 2 is 2.24 bits per heavy atom. The molecule has 2 aromatic rings. The summed E-state index contributed by atoms with van der Waals surface area (Å²) in [4.78, 5) is 16.9. The van der Waals surface area contributed by atoms with Gasteiger partial charge in [0.2, 0.25) is 4.96 Å². The van der Waals surface area contributed by atoms with Crippen LogP contribution in [0.2, 0.25) is 0 Å². The van der Waals surface area contributed by atoms with Gasteiger partial charge < -0.3 is 5.32 Å². The van der Waals surface area contributed by atoms with Crippen LogP contribution in [0, 0.1) is 12.8 Å². The predicted molar refractivity (Wildman–Crippen MR) is 84.7 cm³/mol. The van der Waals surface area contributed by atoms with Crippen molar-refractivity contribution >= 4 is 16.3 Å². The van der Waals surface area contributed by atoms with E-state index < -0.39 is 0 Å². The Balaban J connectivity index is 1.73. The summed E-state index contributed by atoms with van der Waals surface area (Å²) in [6.45, 7) is 4.84. The van der Waals surface area contributed by atoms with Crippen molar-refractivity contribution in [2.24, 2.45) is 5.92 Å². The first-order chi connectivity index (χ1) is 10.2. The van der Waals surface area contributed by atoms with Crippen LogP contribution >= 0.6 is 11.3 Å². The van der Waals surface area contributed by atoms with Crippen LogP contribution in [0.3, 0.4) is 0 Å². The van der Waals surface area contributed by atoms with E-state index in [4.69, 9.17) is 0 Å². The fraction of sp³-hybridized carbons (Fsp3) is 0.667. The van der Waals surface area contributed by atoms with Crippen LogP contribution in [-0.2, 0) is 6.54 Å². The topological polar surface area (TPSA) is 59.3 Å². The van der Waals surface area contributed by atoms with Crippen LogP contribution in [-0.4, -0.2) is 20.6 Å². The van der Waals surface area contributed by atoms with Gasteiger partial charge in [-0.15, -0.1) is 0 Å². The van der Waals surface area contributed by atoms with Gasteiger partial charge in [0.25, 0.3) is 5.56 Å². The Kier molecular flexibility index (Phi) is 4.35. The van der Waals surface area contributed by atoms with E-state index in [1.165, 1.54) is 54.0 Å². The van der Waals surface area contributed by atoms with Crippen LogP contribution in [0.1, 0.15) is 49.7 Å². The van der Waals surface area contributed by atoms with Gasteiger partial charge in [-0.25, -0.2) is 4.98 Å². The molecule has 0 aromatic carbocycles. The van der Waals surface area contributed by atoms with Crippen molar-refractivity contribution in [1.29, 1.82) is 0 Å². The summed E-state index contributed by atoms with van der Waals surface area (Å²) in [6.07, 6.45) is 6.48. The standard InChI is InChI=1S/C15H22N4OS/c1-3-11-6-4-5-7-12(11)16-9-13-18-19-14(20)8-10(2)17-15(19)21-13/h8,11-12,16H,3-7,9H2,1-2H3/t11-,12-/m0/s1. The molecule has 0 saturated heterocycles. The Morgan fingerprint density at radius 3 is 3.05 bits per heavy atom. The number of hydrogen-bond acceptors (Lipinski definition) is 5. The highest BCUT2D eigenvalue weighted by Gasteiger charge is 2.23. The molecule has 0 unspecified atom stereocenters. The largest absolute Gasteiger partial charge is 0.307 e. The minimum absolute atomic E-state index is 0.0934. The molecule has 6 heteroatoms. The second-order valence-corrected chi connectivity index (χ2v) is 6.91. The van der Waals surface area contributed by atoms with E-state index in [1.807, 2.05) is 6.92 Å². The highest BCUT2D eigenvalue weighted by molar-refractivity contribution is 7.16. The van der Waals surface area contributed by atoms with Gasteiger partial charge >= 0.3 is 0 Å². The summed E-state index contributed by atoms with van der Waals surface area (Å²) in [6, 6.07) is 2.11. The molecule has 3 rings (SSSR count). The second-order valence-electron chi connectivity index (χ2n) is 5.87. The van der Waals surface area contributed by atoms with E-state index in [2.05, 4.69) is 22.3 Å². The van der Waals surface area contributed by atoms with Crippen molar-refractivity contribution in [3.05, 3.63) is 27.1 Å². The Labute approximate surface area is 128 Å². The highest BCUT2D eigenvalue weighted by atomic mass is 32.1. The van der Waals surface area contributed by atoms with Crippen LogP contribution in [0.4, 0.5) is 0 Å². The number of hydrogen-bond donors (Lipinski definition) is 1. The lowest BCUT2D eigenvalue weighted by atomic mass is 9.83. The van der Waals surface area contributed by atoms with E-state index in [0.717, 1.165) is 23.2 Å².